The van der Waals surface area contributed by atoms with E-state index >= 15 is 0 Å². The summed E-state index contributed by atoms with van der Waals surface area (Å²) in [6, 6.07) is 74.0. The van der Waals surface area contributed by atoms with Gasteiger partial charge in [-0.05, 0) is 65.0 Å². The highest BCUT2D eigenvalue weighted by Crippen LogP contribution is 2.48. The Labute approximate surface area is 354 Å². The van der Waals surface area contributed by atoms with Crippen molar-refractivity contribution in [2.75, 3.05) is 0 Å². The summed E-state index contributed by atoms with van der Waals surface area (Å²) in [5, 5.41) is 9.78. The molecule has 5 heteroatoms. The monoisotopic (exact) mass is 794 g/mol. The standard InChI is InChI=1S/C56H34N4S/c1-3-15-35(16-4-1)36-27-29-37(30-28-36)46-34-47(38-31-32-50-45(33-38)40-19-9-12-24-48(40)59(50)39-17-5-2-6-18-39)58-56(57-46)60-49-25-13-10-22-43(49)52-41-20-7-8-21-42(41)55-53(54(52)60)44-23-11-14-26-51(44)61-55/h1-34H. The minimum Gasteiger partial charge on any atom is -0.309 e. The number of thiophene rings is 1. The number of aromatic nitrogens is 4. The minimum absolute atomic E-state index is 0.643. The van der Waals surface area contributed by atoms with Crippen LogP contribution in [0.5, 0.6) is 0 Å². The third kappa shape index (κ3) is 5.18. The first-order valence-electron chi connectivity index (χ1n) is 20.7. The highest BCUT2D eigenvalue weighted by Gasteiger charge is 2.24. The van der Waals surface area contributed by atoms with Gasteiger partial charge in [-0.25, -0.2) is 9.97 Å². The maximum Gasteiger partial charge on any atom is 0.235 e. The molecule has 13 rings (SSSR count). The van der Waals surface area contributed by atoms with Crippen molar-refractivity contribution in [2.24, 2.45) is 0 Å². The first-order chi connectivity index (χ1) is 30.3. The first-order valence-corrected chi connectivity index (χ1v) is 21.5. The summed E-state index contributed by atoms with van der Waals surface area (Å²) >= 11 is 1.87. The Morgan fingerprint density at radius 3 is 1.66 bits per heavy atom. The predicted octanol–water partition coefficient (Wildman–Crippen LogP) is 15.2. The van der Waals surface area contributed by atoms with E-state index in [1.54, 1.807) is 0 Å². The molecule has 0 unspecified atom stereocenters. The van der Waals surface area contributed by atoms with Gasteiger partial charge in [0.2, 0.25) is 5.95 Å². The largest absolute Gasteiger partial charge is 0.309 e. The Kier molecular flexibility index (Phi) is 7.44. The summed E-state index contributed by atoms with van der Waals surface area (Å²) in [6.07, 6.45) is 0. The predicted molar refractivity (Wildman–Crippen MR) is 257 cm³/mol. The molecule has 0 aliphatic heterocycles. The lowest BCUT2D eigenvalue weighted by Crippen LogP contribution is -2.04. The van der Waals surface area contributed by atoms with E-state index in [9.17, 15) is 0 Å². The summed E-state index contributed by atoms with van der Waals surface area (Å²) in [6.45, 7) is 0. The molecule has 0 amide bonds. The maximum absolute atomic E-state index is 5.59. The zero-order chi connectivity index (χ0) is 40.0. The molecule has 0 spiro atoms. The highest BCUT2D eigenvalue weighted by atomic mass is 32.1. The first kappa shape index (κ1) is 34.0. The van der Waals surface area contributed by atoms with Gasteiger partial charge in [-0.1, -0.05) is 158 Å². The third-order valence-corrected chi connectivity index (χ3v) is 13.5. The highest BCUT2D eigenvalue weighted by molar-refractivity contribution is 7.27. The second-order valence-corrected chi connectivity index (χ2v) is 16.8. The van der Waals surface area contributed by atoms with Crippen molar-refractivity contribution in [3.63, 3.8) is 0 Å². The van der Waals surface area contributed by atoms with Crippen molar-refractivity contribution in [1.82, 2.24) is 19.1 Å². The Bertz CT molecular complexity index is 3860. The van der Waals surface area contributed by atoms with Crippen LogP contribution in [-0.2, 0) is 0 Å². The van der Waals surface area contributed by atoms with Crippen LogP contribution in [0.25, 0.3) is 120 Å². The summed E-state index contributed by atoms with van der Waals surface area (Å²) < 4.78 is 7.24. The molecule has 0 atom stereocenters. The number of benzene rings is 9. The second kappa shape index (κ2) is 13.3. The van der Waals surface area contributed by atoms with Crippen LogP contribution in [0.1, 0.15) is 0 Å². The fourth-order valence-corrected chi connectivity index (χ4v) is 10.9. The van der Waals surface area contributed by atoms with E-state index in [-0.39, 0.29) is 0 Å². The van der Waals surface area contributed by atoms with Crippen LogP contribution < -0.4 is 0 Å². The molecule has 0 aliphatic carbocycles. The molecule has 0 saturated carbocycles. The van der Waals surface area contributed by atoms with Crippen molar-refractivity contribution >= 4 is 85.9 Å². The van der Waals surface area contributed by atoms with Crippen LogP contribution in [-0.4, -0.2) is 19.1 Å². The fourth-order valence-electron chi connectivity index (χ4n) is 9.61. The van der Waals surface area contributed by atoms with Crippen LogP contribution in [0, 0.1) is 0 Å². The van der Waals surface area contributed by atoms with Crippen LogP contribution in [0.3, 0.4) is 0 Å². The summed E-state index contributed by atoms with van der Waals surface area (Å²) in [5.74, 6) is 0.643. The zero-order valence-electron chi connectivity index (χ0n) is 32.8. The molecule has 0 fully saturated rings. The third-order valence-electron chi connectivity index (χ3n) is 12.3. The van der Waals surface area contributed by atoms with Crippen molar-refractivity contribution in [1.29, 1.82) is 0 Å². The Morgan fingerprint density at radius 1 is 0.344 bits per heavy atom. The maximum atomic E-state index is 5.59. The lowest BCUT2D eigenvalue weighted by molar-refractivity contribution is 0.998. The topological polar surface area (TPSA) is 35.6 Å². The number of para-hydroxylation sites is 3. The number of fused-ring (bicyclic) bond motifs is 13. The van der Waals surface area contributed by atoms with Gasteiger partial charge in [0.05, 0.1) is 33.5 Å². The SMILES string of the molecule is c1ccc(-c2ccc(-c3cc(-c4ccc5c(c4)c4ccccc4n5-c4ccccc4)nc(-n4c5ccccc5c5c6ccccc6c6sc7ccccc7c6c54)n3)cc2)cc1. The second-order valence-electron chi connectivity index (χ2n) is 15.7. The normalized spacial score (nSPS) is 11.9. The minimum atomic E-state index is 0.643. The molecule has 0 radical (unpaired) electrons. The number of hydrogen-bond acceptors (Lipinski definition) is 3. The Morgan fingerprint density at radius 2 is 0.885 bits per heavy atom. The van der Waals surface area contributed by atoms with Crippen LogP contribution in [0.15, 0.2) is 206 Å². The Balaban J connectivity index is 1.12. The molecule has 0 saturated heterocycles. The molecular weight excluding hydrogens is 761 g/mol. The van der Waals surface area contributed by atoms with Crippen molar-refractivity contribution in [2.45, 2.75) is 0 Å². The molecule has 0 N–H and O–H groups in total. The lowest BCUT2D eigenvalue weighted by Gasteiger charge is -2.13. The van der Waals surface area contributed by atoms with Crippen LogP contribution in [0.4, 0.5) is 0 Å². The molecule has 0 bridgehead atoms. The molecule has 61 heavy (non-hydrogen) atoms. The Hall–Kier alpha value is -7.86. The van der Waals surface area contributed by atoms with Gasteiger partial charge < -0.3 is 4.57 Å². The van der Waals surface area contributed by atoms with Gasteiger partial charge in [0.25, 0.3) is 0 Å². The van der Waals surface area contributed by atoms with E-state index in [0.717, 1.165) is 44.8 Å². The van der Waals surface area contributed by atoms with Gasteiger partial charge in [0.15, 0.2) is 0 Å². The van der Waals surface area contributed by atoms with Crippen LogP contribution in [0.2, 0.25) is 0 Å². The smallest absolute Gasteiger partial charge is 0.235 e. The molecule has 284 valence electrons. The molecule has 13 aromatic rings. The number of nitrogens with zero attached hydrogens (tertiary/aromatic N) is 4. The van der Waals surface area contributed by atoms with Gasteiger partial charge in [0.1, 0.15) is 0 Å². The zero-order valence-corrected chi connectivity index (χ0v) is 33.6. The van der Waals surface area contributed by atoms with Gasteiger partial charge in [-0.15, -0.1) is 11.3 Å². The van der Waals surface area contributed by atoms with E-state index in [4.69, 9.17) is 9.97 Å². The van der Waals surface area contributed by atoms with Gasteiger partial charge >= 0.3 is 0 Å². The van der Waals surface area contributed by atoms with Crippen molar-refractivity contribution < 1.29 is 0 Å². The molecule has 0 aliphatic rings. The lowest BCUT2D eigenvalue weighted by atomic mass is 10.00. The van der Waals surface area contributed by atoms with E-state index in [1.165, 1.54) is 69.1 Å². The van der Waals surface area contributed by atoms with Gasteiger partial charge in [0, 0.05) is 63.9 Å². The summed E-state index contributed by atoms with van der Waals surface area (Å²) in [4.78, 5) is 11.1. The van der Waals surface area contributed by atoms with E-state index in [1.807, 2.05) is 11.3 Å². The van der Waals surface area contributed by atoms with Gasteiger partial charge in [-0.3, -0.25) is 4.57 Å². The van der Waals surface area contributed by atoms with E-state index in [0.29, 0.717) is 5.95 Å². The molecule has 4 aromatic heterocycles. The molecule has 9 aromatic carbocycles. The summed E-state index contributed by atoms with van der Waals surface area (Å²) in [5.41, 5.74) is 11.8. The van der Waals surface area contributed by atoms with Crippen LogP contribution >= 0.6 is 11.3 Å². The molecular formula is C56H34N4S. The fraction of sp³-hybridized carbons (Fsp3) is 0. The quantitative estimate of drug-likeness (QED) is 0.174. The van der Waals surface area contributed by atoms with E-state index < -0.39 is 0 Å². The van der Waals surface area contributed by atoms with E-state index in [2.05, 4.69) is 215 Å². The number of hydrogen-bond donors (Lipinski definition) is 0. The average Bonchev–Trinajstić information content (AvgIpc) is 4.00. The van der Waals surface area contributed by atoms with Gasteiger partial charge in [-0.2, -0.15) is 0 Å². The van der Waals surface area contributed by atoms with Crippen molar-refractivity contribution in [3.8, 4) is 45.3 Å². The van der Waals surface area contributed by atoms with Crippen molar-refractivity contribution in [3.05, 3.63) is 206 Å². The molecule has 4 heterocycles. The molecule has 4 nitrogen and oxygen atoms in total. The summed E-state index contributed by atoms with van der Waals surface area (Å²) in [7, 11) is 0. The number of rotatable bonds is 5. The average molecular weight is 795 g/mol.